The van der Waals surface area contributed by atoms with E-state index < -0.39 is 0 Å². The Balaban J connectivity index is 1.56. The van der Waals surface area contributed by atoms with Crippen LogP contribution in [-0.2, 0) is 4.79 Å². The molecule has 30 heavy (non-hydrogen) atoms. The Bertz CT molecular complexity index is 988. The number of aryl methyl sites for hydroxylation is 1. The minimum Gasteiger partial charge on any atom is -0.345 e. The number of benzene rings is 3. The first kappa shape index (κ1) is 21.7. The Morgan fingerprint density at radius 3 is 2.30 bits per heavy atom. The summed E-state index contributed by atoms with van der Waals surface area (Å²) in [6.07, 6.45) is 0.370. The van der Waals surface area contributed by atoms with Gasteiger partial charge in [-0.1, -0.05) is 60.2 Å². The zero-order valence-corrected chi connectivity index (χ0v) is 18.0. The first-order valence-electron chi connectivity index (χ1n) is 9.97. The number of para-hydroxylation sites is 1. The molecule has 0 saturated heterocycles. The lowest BCUT2D eigenvalue weighted by molar-refractivity contribution is -0.115. The Kier molecular flexibility index (Phi) is 7.69. The predicted octanol–water partition coefficient (Wildman–Crippen LogP) is 5.61. The molecule has 0 saturated carbocycles. The van der Waals surface area contributed by atoms with Crippen molar-refractivity contribution in [3.8, 4) is 0 Å². The number of carbonyl (C=O) groups is 2. The van der Waals surface area contributed by atoms with E-state index in [1.54, 1.807) is 30.0 Å². The van der Waals surface area contributed by atoms with Crippen LogP contribution in [0, 0.1) is 6.92 Å². The van der Waals surface area contributed by atoms with Gasteiger partial charge >= 0.3 is 0 Å². The van der Waals surface area contributed by atoms with E-state index in [-0.39, 0.29) is 17.9 Å². The third kappa shape index (κ3) is 6.22. The SMILES string of the molecule is Cc1ccc(SCCC(=O)Nc2ccccc2C(=O)N[C@@H](C)c2ccccc2)cc1. The van der Waals surface area contributed by atoms with Crippen molar-refractivity contribution < 1.29 is 9.59 Å². The molecule has 0 aliphatic carbocycles. The van der Waals surface area contributed by atoms with Crippen LogP contribution in [0.15, 0.2) is 83.8 Å². The van der Waals surface area contributed by atoms with Crippen LogP contribution < -0.4 is 10.6 Å². The molecule has 4 nitrogen and oxygen atoms in total. The van der Waals surface area contributed by atoms with Crippen molar-refractivity contribution >= 4 is 29.3 Å². The van der Waals surface area contributed by atoms with E-state index in [0.717, 1.165) is 10.5 Å². The third-order valence-electron chi connectivity index (χ3n) is 4.71. The molecule has 3 aromatic carbocycles. The monoisotopic (exact) mass is 418 g/mol. The molecule has 0 bridgehead atoms. The molecular weight excluding hydrogens is 392 g/mol. The fraction of sp³-hybridized carbons (Fsp3) is 0.200. The number of hydrogen-bond acceptors (Lipinski definition) is 3. The summed E-state index contributed by atoms with van der Waals surface area (Å²) in [7, 11) is 0. The molecule has 0 aromatic heterocycles. The maximum atomic E-state index is 12.8. The van der Waals surface area contributed by atoms with E-state index in [9.17, 15) is 9.59 Å². The van der Waals surface area contributed by atoms with Gasteiger partial charge in [0.05, 0.1) is 17.3 Å². The van der Waals surface area contributed by atoms with Gasteiger partial charge in [-0.2, -0.15) is 0 Å². The highest BCUT2D eigenvalue weighted by Crippen LogP contribution is 2.21. The van der Waals surface area contributed by atoms with Gasteiger partial charge in [0.2, 0.25) is 5.91 Å². The Labute approximate surface area is 182 Å². The predicted molar refractivity (Wildman–Crippen MR) is 124 cm³/mol. The fourth-order valence-corrected chi connectivity index (χ4v) is 3.85. The van der Waals surface area contributed by atoms with E-state index in [0.29, 0.717) is 23.4 Å². The summed E-state index contributed by atoms with van der Waals surface area (Å²) in [5.41, 5.74) is 3.23. The quantitative estimate of drug-likeness (QED) is 0.468. The summed E-state index contributed by atoms with van der Waals surface area (Å²) in [4.78, 5) is 26.4. The van der Waals surface area contributed by atoms with Crippen LogP contribution in [0.5, 0.6) is 0 Å². The number of amides is 2. The molecule has 0 aliphatic heterocycles. The summed E-state index contributed by atoms with van der Waals surface area (Å²) in [6, 6.07) is 25.0. The topological polar surface area (TPSA) is 58.2 Å². The number of anilines is 1. The van der Waals surface area contributed by atoms with Crippen LogP contribution in [0.4, 0.5) is 5.69 Å². The minimum absolute atomic E-state index is 0.106. The van der Waals surface area contributed by atoms with E-state index in [1.807, 2.05) is 43.3 Å². The van der Waals surface area contributed by atoms with E-state index in [1.165, 1.54) is 5.56 Å². The number of hydrogen-bond donors (Lipinski definition) is 2. The summed E-state index contributed by atoms with van der Waals surface area (Å²) in [5.74, 6) is 0.358. The summed E-state index contributed by atoms with van der Waals surface area (Å²) in [6.45, 7) is 3.99. The van der Waals surface area contributed by atoms with Gasteiger partial charge in [-0.25, -0.2) is 0 Å². The van der Waals surface area contributed by atoms with Gasteiger partial charge in [-0.3, -0.25) is 9.59 Å². The van der Waals surface area contributed by atoms with Crippen molar-refractivity contribution in [2.45, 2.75) is 31.2 Å². The van der Waals surface area contributed by atoms with Crippen LogP contribution in [0.25, 0.3) is 0 Å². The van der Waals surface area contributed by atoms with E-state index >= 15 is 0 Å². The Morgan fingerprint density at radius 1 is 0.900 bits per heavy atom. The molecule has 0 fully saturated rings. The first-order chi connectivity index (χ1) is 14.5. The molecule has 3 rings (SSSR count). The van der Waals surface area contributed by atoms with Crippen molar-refractivity contribution in [1.29, 1.82) is 0 Å². The van der Waals surface area contributed by atoms with Crippen molar-refractivity contribution in [3.63, 3.8) is 0 Å². The lowest BCUT2D eigenvalue weighted by Crippen LogP contribution is -2.28. The number of nitrogens with one attached hydrogen (secondary N) is 2. The lowest BCUT2D eigenvalue weighted by atomic mass is 10.1. The second kappa shape index (κ2) is 10.6. The van der Waals surface area contributed by atoms with Crippen molar-refractivity contribution in [2.75, 3.05) is 11.1 Å². The molecule has 0 radical (unpaired) electrons. The van der Waals surface area contributed by atoms with E-state index in [2.05, 4.69) is 41.8 Å². The Morgan fingerprint density at radius 2 is 1.57 bits per heavy atom. The molecule has 1 atom stereocenters. The largest absolute Gasteiger partial charge is 0.345 e. The molecule has 154 valence electrons. The maximum Gasteiger partial charge on any atom is 0.253 e. The fourth-order valence-electron chi connectivity index (χ4n) is 3.00. The molecule has 0 spiro atoms. The standard InChI is InChI=1S/C25H26N2O2S/c1-18-12-14-21(15-13-18)30-17-16-24(28)27-23-11-7-6-10-22(23)25(29)26-19(2)20-8-4-3-5-9-20/h3-15,19H,16-17H2,1-2H3,(H,26,29)(H,27,28)/t19-/m0/s1. The van der Waals surface area contributed by atoms with Crippen LogP contribution in [0.2, 0.25) is 0 Å². The second-order valence-electron chi connectivity index (χ2n) is 7.11. The summed E-state index contributed by atoms with van der Waals surface area (Å²) in [5, 5.41) is 5.89. The highest BCUT2D eigenvalue weighted by molar-refractivity contribution is 7.99. The first-order valence-corrected chi connectivity index (χ1v) is 11.0. The highest BCUT2D eigenvalue weighted by Gasteiger charge is 2.16. The molecule has 0 aliphatic rings. The summed E-state index contributed by atoms with van der Waals surface area (Å²) < 4.78 is 0. The van der Waals surface area contributed by atoms with Gasteiger partial charge in [0.25, 0.3) is 5.91 Å². The third-order valence-corrected chi connectivity index (χ3v) is 5.73. The van der Waals surface area contributed by atoms with Crippen molar-refractivity contribution in [2.24, 2.45) is 0 Å². The van der Waals surface area contributed by atoms with Gasteiger partial charge in [0.1, 0.15) is 0 Å². The zero-order chi connectivity index (χ0) is 21.3. The number of carbonyl (C=O) groups excluding carboxylic acids is 2. The minimum atomic E-state index is -0.212. The van der Waals surface area contributed by atoms with Crippen LogP contribution in [0.3, 0.4) is 0 Å². The van der Waals surface area contributed by atoms with Crippen LogP contribution >= 0.6 is 11.8 Å². The van der Waals surface area contributed by atoms with Gasteiger partial charge in [0, 0.05) is 17.1 Å². The van der Waals surface area contributed by atoms with Crippen LogP contribution in [0.1, 0.15) is 40.9 Å². The van der Waals surface area contributed by atoms with E-state index in [4.69, 9.17) is 0 Å². The molecule has 3 aromatic rings. The molecule has 0 unspecified atom stereocenters. The lowest BCUT2D eigenvalue weighted by Gasteiger charge is -2.16. The van der Waals surface area contributed by atoms with Crippen LogP contribution in [-0.4, -0.2) is 17.6 Å². The molecule has 5 heteroatoms. The average molecular weight is 419 g/mol. The average Bonchev–Trinajstić information content (AvgIpc) is 2.76. The zero-order valence-electron chi connectivity index (χ0n) is 17.2. The number of rotatable bonds is 8. The van der Waals surface area contributed by atoms with Gasteiger partial charge < -0.3 is 10.6 Å². The molecular formula is C25H26N2O2S. The maximum absolute atomic E-state index is 12.8. The highest BCUT2D eigenvalue weighted by atomic mass is 32.2. The smallest absolute Gasteiger partial charge is 0.253 e. The Hall–Kier alpha value is -3.05. The van der Waals surface area contributed by atoms with Gasteiger partial charge in [-0.05, 0) is 43.7 Å². The molecule has 0 heterocycles. The molecule has 2 N–H and O–H groups in total. The summed E-state index contributed by atoms with van der Waals surface area (Å²) >= 11 is 1.64. The van der Waals surface area contributed by atoms with Gasteiger partial charge in [0.15, 0.2) is 0 Å². The normalized spacial score (nSPS) is 11.5. The molecule has 2 amide bonds. The second-order valence-corrected chi connectivity index (χ2v) is 8.28. The van der Waals surface area contributed by atoms with Crippen molar-refractivity contribution in [1.82, 2.24) is 5.32 Å². The van der Waals surface area contributed by atoms with Gasteiger partial charge in [-0.15, -0.1) is 11.8 Å². The number of thioether (sulfide) groups is 1. The van der Waals surface area contributed by atoms with Crippen molar-refractivity contribution in [3.05, 3.63) is 95.6 Å².